The van der Waals surface area contributed by atoms with Gasteiger partial charge < -0.3 is 19.7 Å². The van der Waals surface area contributed by atoms with Gasteiger partial charge in [0.1, 0.15) is 16.8 Å². The Kier molecular flexibility index (Phi) is 6.57. The van der Waals surface area contributed by atoms with Crippen molar-refractivity contribution < 1.29 is 14.6 Å². The number of ether oxygens (including phenoxy) is 1. The molecule has 33 heavy (non-hydrogen) atoms. The highest BCUT2D eigenvalue weighted by Crippen LogP contribution is 2.13. The van der Waals surface area contributed by atoms with E-state index in [2.05, 4.69) is 15.3 Å². The number of hydrogen-bond acceptors (Lipinski definition) is 7. The highest BCUT2D eigenvalue weighted by molar-refractivity contribution is 5.96. The van der Waals surface area contributed by atoms with Crippen LogP contribution in [0, 0.1) is 12.3 Å². The normalized spacial score (nSPS) is 11.2. The molecule has 10 heteroatoms. The van der Waals surface area contributed by atoms with Crippen LogP contribution in [0.3, 0.4) is 0 Å². The lowest BCUT2D eigenvalue weighted by Crippen LogP contribution is -2.35. The zero-order valence-electron chi connectivity index (χ0n) is 18.1. The van der Waals surface area contributed by atoms with Crippen molar-refractivity contribution in [2.75, 3.05) is 19.8 Å². The van der Waals surface area contributed by atoms with E-state index in [1.54, 1.807) is 30.7 Å². The molecule has 0 aromatic carbocycles. The SMILES string of the molecule is Cc1cccn2c(=O)c3cc(C(=O)NCc4cccnc4)c(=N)n(CCOCCO)c3nc12. The summed E-state index contributed by atoms with van der Waals surface area (Å²) in [4.78, 5) is 34.9. The van der Waals surface area contributed by atoms with E-state index in [0.29, 0.717) is 11.3 Å². The molecule has 4 rings (SSSR count). The summed E-state index contributed by atoms with van der Waals surface area (Å²) < 4.78 is 8.30. The molecule has 4 aromatic rings. The van der Waals surface area contributed by atoms with Crippen molar-refractivity contribution in [3.05, 3.63) is 81.5 Å². The highest BCUT2D eigenvalue weighted by atomic mass is 16.5. The van der Waals surface area contributed by atoms with Crippen LogP contribution < -0.4 is 16.4 Å². The van der Waals surface area contributed by atoms with Gasteiger partial charge in [0.05, 0.1) is 30.8 Å². The van der Waals surface area contributed by atoms with Gasteiger partial charge in [-0.1, -0.05) is 12.1 Å². The second-order valence-corrected chi connectivity index (χ2v) is 7.48. The molecule has 0 fully saturated rings. The Morgan fingerprint density at radius 2 is 2.09 bits per heavy atom. The zero-order valence-corrected chi connectivity index (χ0v) is 18.1. The predicted molar refractivity (Wildman–Crippen MR) is 121 cm³/mol. The maximum atomic E-state index is 13.3. The van der Waals surface area contributed by atoms with Crippen molar-refractivity contribution in [2.45, 2.75) is 20.0 Å². The van der Waals surface area contributed by atoms with Crippen molar-refractivity contribution in [1.29, 1.82) is 5.41 Å². The number of aliphatic hydroxyl groups excluding tert-OH is 1. The van der Waals surface area contributed by atoms with Crippen LogP contribution in [-0.4, -0.2) is 49.8 Å². The van der Waals surface area contributed by atoms with E-state index in [-0.39, 0.29) is 54.9 Å². The van der Waals surface area contributed by atoms with Crippen LogP contribution in [0.2, 0.25) is 0 Å². The quantitative estimate of drug-likeness (QED) is 0.269. The Balaban J connectivity index is 1.83. The third-order valence-corrected chi connectivity index (χ3v) is 5.25. The molecule has 0 unspecified atom stereocenters. The number of amides is 1. The topological polar surface area (TPSA) is 135 Å². The van der Waals surface area contributed by atoms with Gasteiger partial charge in [-0.2, -0.15) is 0 Å². The largest absolute Gasteiger partial charge is 0.394 e. The number of rotatable bonds is 8. The first kappa shape index (κ1) is 22.3. The summed E-state index contributed by atoms with van der Waals surface area (Å²) >= 11 is 0. The first-order chi connectivity index (χ1) is 16.0. The number of nitrogens with zero attached hydrogens (tertiary/aromatic N) is 4. The van der Waals surface area contributed by atoms with Gasteiger partial charge in [-0.15, -0.1) is 0 Å². The number of carbonyl (C=O) groups excluding carboxylic acids is 1. The van der Waals surface area contributed by atoms with Crippen LogP contribution in [0.5, 0.6) is 0 Å². The summed E-state index contributed by atoms with van der Waals surface area (Å²) in [6.07, 6.45) is 4.92. The molecular formula is C23H24N6O4. The van der Waals surface area contributed by atoms with Crippen molar-refractivity contribution in [3.8, 4) is 0 Å². The van der Waals surface area contributed by atoms with Gasteiger partial charge in [-0.05, 0) is 36.2 Å². The van der Waals surface area contributed by atoms with Crippen molar-refractivity contribution in [3.63, 3.8) is 0 Å². The standard InChI is InChI=1S/C23H24N6O4/c1-15-4-3-7-29-20(15)27-21-18(23(29)32)12-17(19(24)28(21)8-10-33-11-9-30)22(31)26-14-16-5-2-6-25-13-16/h2-7,12-13,24,30H,8-11,14H2,1H3,(H,26,31). The number of aliphatic hydroxyl groups is 1. The molecule has 1 amide bonds. The molecule has 3 N–H and O–H groups in total. The van der Waals surface area contributed by atoms with Gasteiger partial charge in [0, 0.05) is 31.7 Å². The molecule has 170 valence electrons. The van der Waals surface area contributed by atoms with Crippen LogP contribution >= 0.6 is 0 Å². The second kappa shape index (κ2) is 9.72. The number of fused-ring (bicyclic) bond motifs is 2. The summed E-state index contributed by atoms with van der Waals surface area (Å²) in [7, 11) is 0. The van der Waals surface area contributed by atoms with Crippen LogP contribution in [0.4, 0.5) is 0 Å². The Labute approximate surface area is 188 Å². The van der Waals surface area contributed by atoms with Gasteiger partial charge in [0.2, 0.25) is 0 Å². The fourth-order valence-electron chi connectivity index (χ4n) is 3.59. The lowest BCUT2D eigenvalue weighted by molar-refractivity contribution is 0.0865. The number of pyridine rings is 3. The van der Waals surface area contributed by atoms with Gasteiger partial charge in [-0.25, -0.2) is 4.98 Å². The number of hydrogen-bond donors (Lipinski definition) is 3. The Morgan fingerprint density at radius 1 is 1.24 bits per heavy atom. The van der Waals surface area contributed by atoms with Crippen molar-refractivity contribution in [1.82, 2.24) is 24.3 Å². The average molecular weight is 448 g/mol. The van der Waals surface area contributed by atoms with E-state index < -0.39 is 5.91 Å². The number of carbonyl (C=O) groups is 1. The summed E-state index contributed by atoms with van der Waals surface area (Å²) in [5.41, 5.74) is 2.05. The summed E-state index contributed by atoms with van der Waals surface area (Å²) in [6.45, 7) is 2.48. The molecular weight excluding hydrogens is 424 g/mol. The molecule has 4 heterocycles. The zero-order chi connectivity index (χ0) is 23.4. The molecule has 0 saturated carbocycles. The number of aromatic nitrogens is 4. The first-order valence-corrected chi connectivity index (χ1v) is 10.5. The Hall–Kier alpha value is -3.89. The fourth-order valence-corrected chi connectivity index (χ4v) is 3.59. The predicted octanol–water partition coefficient (Wildman–Crippen LogP) is 0.771. The van der Waals surface area contributed by atoms with Gasteiger partial charge in [-0.3, -0.25) is 24.4 Å². The van der Waals surface area contributed by atoms with Crippen LogP contribution in [0.25, 0.3) is 16.7 Å². The molecule has 4 aromatic heterocycles. The van der Waals surface area contributed by atoms with Crippen molar-refractivity contribution >= 4 is 22.6 Å². The minimum atomic E-state index is -0.482. The smallest absolute Gasteiger partial charge is 0.267 e. The lowest BCUT2D eigenvalue weighted by atomic mass is 10.2. The Bertz CT molecular complexity index is 1430. The third kappa shape index (κ3) is 4.52. The van der Waals surface area contributed by atoms with Crippen LogP contribution in [0.1, 0.15) is 21.5 Å². The molecule has 10 nitrogen and oxygen atoms in total. The minimum absolute atomic E-state index is 0.0556. The molecule has 0 aliphatic rings. The highest BCUT2D eigenvalue weighted by Gasteiger charge is 2.18. The van der Waals surface area contributed by atoms with E-state index >= 15 is 0 Å². The summed E-state index contributed by atoms with van der Waals surface area (Å²) in [5.74, 6) is -0.482. The summed E-state index contributed by atoms with van der Waals surface area (Å²) in [6, 6.07) is 8.64. The van der Waals surface area contributed by atoms with E-state index in [9.17, 15) is 9.59 Å². The van der Waals surface area contributed by atoms with Crippen LogP contribution in [0.15, 0.2) is 53.7 Å². The third-order valence-electron chi connectivity index (χ3n) is 5.25. The van der Waals surface area contributed by atoms with Gasteiger partial charge in [0.25, 0.3) is 11.5 Å². The maximum absolute atomic E-state index is 13.3. The molecule has 0 spiro atoms. The molecule has 0 atom stereocenters. The fraction of sp³-hybridized carbons (Fsp3) is 0.261. The average Bonchev–Trinajstić information content (AvgIpc) is 2.83. The van der Waals surface area contributed by atoms with E-state index in [0.717, 1.165) is 11.1 Å². The summed E-state index contributed by atoms with van der Waals surface area (Å²) in [5, 5.41) is 20.7. The van der Waals surface area contributed by atoms with Gasteiger partial charge in [0.15, 0.2) is 0 Å². The monoisotopic (exact) mass is 448 g/mol. The lowest BCUT2D eigenvalue weighted by Gasteiger charge is -2.15. The molecule has 0 radical (unpaired) electrons. The second-order valence-electron chi connectivity index (χ2n) is 7.48. The van der Waals surface area contributed by atoms with Gasteiger partial charge >= 0.3 is 0 Å². The van der Waals surface area contributed by atoms with E-state index in [1.165, 1.54) is 15.0 Å². The molecule has 0 aliphatic heterocycles. The molecule has 0 saturated heterocycles. The van der Waals surface area contributed by atoms with E-state index in [4.69, 9.17) is 15.3 Å². The first-order valence-electron chi connectivity index (χ1n) is 10.5. The molecule has 0 aliphatic carbocycles. The number of aryl methyl sites for hydroxylation is 1. The number of nitrogens with one attached hydrogen (secondary N) is 2. The maximum Gasteiger partial charge on any atom is 0.267 e. The molecule has 0 bridgehead atoms. The van der Waals surface area contributed by atoms with Crippen LogP contribution in [-0.2, 0) is 17.8 Å². The minimum Gasteiger partial charge on any atom is -0.394 e. The Morgan fingerprint density at radius 3 is 2.85 bits per heavy atom. The van der Waals surface area contributed by atoms with Crippen molar-refractivity contribution in [2.24, 2.45) is 0 Å². The van der Waals surface area contributed by atoms with E-state index in [1.807, 2.05) is 19.1 Å².